The van der Waals surface area contributed by atoms with Crippen molar-refractivity contribution in [2.75, 3.05) is 11.9 Å². The number of pyridine rings is 1. The summed E-state index contributed by atoms with van der Waals surface area (Å²) in [4.78, 5) is 15.8. The molecule has 106 valence electrons. The van der Waals surface area contributed by atoms with Gasteiger partial charge in [0.2, 0.25) is 5.91 Å². The highest BCUT2D eigenvalue weighted by Gasteiger charge is 2.06. The van der Waals surface area contributed by atoms with Crippen LogP contribution in [-0.4, -0.2) is 17.5 Å². The van der Waals surface area contributed by atoms with Crippen molar-refractivity contribution < 1.29 is 9.53 Å². The molecule has 1 aromatic heterocycles. The fourth-order valence-electron chi connectivity index (χ4n) is 1.64. The summed E-state index contributed by atoms with van der Waals surface area (Å²) in [5.41, 5.74) is 0.942. The highest BCUT2D eigenvalue weighted by Crippen LogP contribution is 2.16. The Morgan fingerprint density at radius 1 is 1.38 bits per heavy atom. The fraction of sp³-hybridized carbons (Fsp3) is 0.133. The Morgan fingerprint density at radius 3 is 2.95 bits per heavy atom. The Hall–Kier alpha value is -2.39. The van der Waals surface area contributed by atoms with Gasteiger partial charge in [-0.15, -0.1) is 0 Å². The lowest BCUT2D eigenvalue weighted by atomic mass is 10.2. The summed E-state index contributed by atoms with van der Waals surface area (Å²) in [6.45, 7) is 0.235. The van der Waals surface area contributed by atoms with Crippen molar-refractivity contribution in [3.05, 3.63) is 52.8 Å². The van der Waals surface area contributed by atoms with Crippen molar-refractivity contribution in [2.45, 2.75) is 6.42 Å². The van der Waals surface area contributed by atoms with E-state index in [-0.39, 0.29) is 18.9 Å². The van der Waals surface area contributed by atoms with Crippen LogP contribution in [0.4, 0.5) is 5.69 Å². The smallest absolute Gasteiger partial charge is 0.227 e. The normalized spacial score (nSPS) is 9.71. The standard InChI is InChI=1S/C15H12BrN3O2/c16-12-7-13(10-18-9-12)21-6-5-15(20)19-14-4-2-1-3-11(14)8-17/h1-4,7,9-10H,5-6H2,(H,19,20). The summed E-state index contributed by atoms with van der Waals surface area (Å²) in [6, 6.07) is 10.7. The second-order valence-corrected chi connectivity index (χ2v) is 5.06. The predicted molar refractivity (Wildman–Crippen MR) is 81.8 cm³/mol. The quantitative estimate of drug-likeness (QED) is 0.903. The third kappa shape index (κ3) is 4.58. The van der Waals surface area contributed by atoms with Gasteiger partial charge in [0.05, 0.1) is 30.5 Å². The van der Waals surface area contributed by atoms with Gasteiger partial charge in [-0.25, -0.2) is 0 Å². The number of nitrogens with one attached hydrogen (secondary N) is 1. The summed E-state index contributed by atoms with van der Waals surface area (Å²) in [7, 11) is 0. The van der Waals surface area contributed by atoms with Crippen LogP contribution in [-0.2, 0) is 4.79 Å². The van der Waals surface area contributed by atoms with Gasteiger partial charge in [-0.2, -0.15) is 5.26 Å². The van der Waals surface area contributed by atoms with Crippen molar-refractivity contribution in [1.82, 2.24) is 4.98 Å². The van der Waals surface area contributed by atoms with E-state index >= 15 is 0 Å². The highest BCUT2D eigenvalue weighted by molar-refractivity contribution is 9.10. The number of hydrogen-bond acceptors (Lipinski definition) is 4. The van der Waals surface area contributed by atoms with E-state index in [1.807, 2.05) is 6.07 Å². The molecule has 21 heavy (non-hydrogen) atoms. The third-order valence-corrected chi connectivity index (χ3v) is 3.03. The summed E-state index contributed by atoms with van der Waals surface area (Å²) in [6.07, 6.45) is 3.41. The molecule has 0 radical (unpaired) electrons. The van der Waals surface area contributed by atoms with E-state index in [0.717, 1.165) is 4.47 Å². The van der Waals surface area contributed by atoms with Crippen LogP contribution in [0, 0.1) is 11.3 Å². The summed E-state index contributed by atoms with van der Waals surface area (Å²) in [5, 5.41) is 11.6. The zero-order valence-corrected chi connectivity index (χ0v) is 12.6. The zero-order valence-electron chi connectivity index (χ0n) is 11.0. The molecule has 5 nitrogen and oxygen atoms in total. The molecule has 0 aliphatic heterocycles. The number of hydrogen-bond donors (Lipinski definition) is 1. The topological polar surface area (TPSA) is 75.0 Å². The van der Waals surface area contributed by atoms with E-state index in [2.05, 4.69) is 26.2 Å². The summed E-state index contributed by atoms with van der Waals surface area (Å²) in [5.74, 6) is 0.384. The van der Waals surface area contributed by atoms with Gasteiger partial charge in [0.15, 0.2) is 0 Å². The van der Waals surface area contributed by atoms with E-state index in [9.17, 15) is 4.79 Å². The van der Waals surface area contributed by atoms with Crippen LogP contribution < -0.4 is 10.1 Å². The van der Waals surface area contributed by atoms with Crippen molar-refractivity contribution in [1.29, 1.82) is 5.26 Å². The Kier molecular flexibility index (Phi) is 5.29. The average Bonchev–Trinajstić information content (AvgIpc) is 2.48. The highest BCUT2D eigenvalue weighted by atomic mass is 79.9. The lowest BCUT2D eigenvalue weighted by Crippen LogP contribution is -2.15. The Labute approximate surface area is 130 Å². The van der Waals surface area contributed by atoms with Gasteiger partial charge < -0.3 is 10.1 Å². The van der Waals surface area contributed by atoms with E-state index in [4.69, 9.17) is 10.00 Å². The molecule has 1 heterocycles. The molecule has 0 unspecified atom stereocenters. The lowest BCUT2D eigenvalue weighted by Gasteiger charge is -2.08. The summed E-state index contributed by atoms with van der Waals surface area (Å²) < 4.78 is 6.25. The number of anilines is 1. The molecule has 2 rings (SSSR count). The maximum absolute atomic E-state index is 11.8. The second-order valence-electron chi connectivity index (χ2n) is 4.14. The van der Waals surface area contributed by atoms with Gasteiger partial charge in [0.25, 0.3) is 0 Å². The minimum Gasteiger partial charge on any atom is -0.491 e. The van der Waals surface area contributed by atoms with Crippen molar-refractivity contribution in [3.63, 3.8) is 0 Å². The van der Waals surface area contributed by atoms with Gasteiger partial charge in [-0.05, 0) is 34.1 Å². The molecule has 0 atom stereocenters. The Bertz CT molecular complexity index is 683. The molecule has 2 aromatic rings. The molecule has 1 N–H and O–H groups in total. The van der Waals surface area contributed by atoms with E-state index in [0.29, 0.717) is 17.0 Å². The monoisotopic (exact) mass is 345 g/mol. The molecule has 0 saturated heterocycles. The molecule has 6 heteroatoms. The molecule has 0 saturated carbocycles. The van der Waals surface area contributed by atoms with Crippen LogP contribution in [0.15, 0.2) is 47.2 Å². The number of aromatic nitrogens is 1. The van der Waals surface area contributed by atoms with Gasteiger partial charge in [-0.1, -0.05) is 12.1 Å². The van der Waals surface area contributed by atoms with Gasteiger partial charge >= 0.3 is 0 Å². The van der Waals surface area contributed by atoms with Gasteiger partial charge in [0.1, 0.15) is 11.8 Å². The molecule has 0 aliphatic carbocycles. The lowest BCUT2D eigenvalue weighted by molar-refractivity contribution is -0.116. The molecule has 0 bridgehead atoms. The number of rotatable bonds is 5. The number of para-hydroxylation sites is 1. The van der Waals surface area contributed by atoms with Crippen LogP contribution >= 0.6 is 15.9 Å². The van der Waals surface area contributed by atoms with Gasteiger partial charge in [0, 0.05) is 10.7 Å². The van der Waals surface area contributed by atoms with E-state index < -0.39 is 0 Å². The number of carbonyl (C=O) groups excluding carboxylic acids is 1. The van der Waals surface area contributed by atoms with Crippen molar-refractivity contribution in [3.8, 4) is 11.8 Å². The maximum atomic E-state index is 11.8. The second kappa shape index (κ2) is 7.41. The largest absolute Gasteiger partial charge is 0.491 e. The third-order valence-electron chi connectivity index (χ3n) is 2.60. The molecule has 0 aliphatic rings. The van der Waals surface area contributed by atoms with Crippen LogP contribution in [0.2, 0.25) is 0 Å². The molecule has 1 amide bonds. The minimum atomic E-state index is -0.208. The molecule has 0 fully saturated rings. The van der Waals surface area contributed by atoms with Crippen LogP contribution in [0.25, 0.3) is 0 Å². The van der Waals surface area contributed by atoms with Crippen LogP contribution in [0.3, 0.4) is 0 Å². The number of nitrogens with zero attached hydrogens (tertiary/aromatic N) is 2. The number of halogens is 1. The average molecular weight is 346 g/mol. The first kappa shape index (κ1) is 15.0. The molecular weight excluding hydrogens is 334 g/mol. The number of amides is 1. The number of carbonyl (C=O) groups is 1. The maximum Gasteiger partial charge on any atom is 0.227 e. The van der Waals surface area contributed by atoms with Gasteiger partial charge in [-0.3, -0.25) is 9.78 Å². The first-order valence-electron chi connectivity index (χ1n) is 6.21. The molecule has 0 spiro atoms. The summed E-state index contributed by atoms with van der Waals surface area (Å²) >= 11 is 3.29. The minimum absolute atomic E-state index is 0.187. The van der Waals surface area contributed by atoms with E-state index in [1.165, 1.54) is 0 Å². The molecular formula is C15H12BrN3O2. The van der Waals surface area contributed by atoms with E-state index in [1.54, 1.807) is 42.7 Å². The van der Waals surface area contributed by atoms with Crippen LogP contribution in [0.1, 0.15) is 12.0 Å². The number of benzene rings is 1. The first-order chi connectivity index (χ1) is 10.2. The van der Waals surface area contributed by atoms with Crippen LogP contribution in [0.5, 0.6) is 5.75 Å². The molecule has 1 aromatic carbocycles. The number of nitriles is 1. The SMILES string of the molecule is N#Cc1ccccc1NC(=O)CCOc1cncc(Br)c1. The fourth-order valence-corrected chi connectivity index (χ4v) is 1.98. The predicted octanol–water partition coefficient (Wildman–Crippen LogP) is 3.12. The van der Waals surface area contributed by atoms with Crippen molar-refractivity contribution in [2.24, 2.45) is 0 Å². The Balaban J connectivity index is 1.84. The Morgan fingerprint density at radius 2 is 2.19 bits per heavy atom. The number of ether oxygens (including phenoxy) is 1. The zero-order chi connectivity index (χ0) is 15.1. The van der Waals surface area contributed by atoms with Crippen molar-refractivity contribution >= 4 is 27.5 Å². The first-order valence-corrected chi connectivity index (χ1v) is 7.00.